The van der Waals surface area contributed by atoms with Gasteiger partial charge in [-0.05, 0) is 12.5 Å². The Labute approximate surface area is 114 Å². The van der Waals surface area contributed by atoms with Crippen LogP contribution in [0.5, 0.6) is 0 Å². The predicted molar refractivity (Wildman–Crippen MR) is 68.8 cm³/mol. The molecule has 1 aliphatic heterocycles. The molecular weight excluding hydrogens is 269 g/mol. The molecule has 8 heteroatoms. The number of carbonyl (C=O) groups is 1. The molecule has 108 valence electrons. The van der Waals surface area contributed by atoms with Gasteiger partial charge in [0.2, 0.25) is 0 Å². The number of hydrogen-bond acceptors (Lipinski definition) is 5. The van der Waals surface area contributed by atoms with Crippen LogP contribution in [0.15, 0.2) is 12.1 Å². The van der Waals surface area contributed by atoms with E-state index in [1.54, 1.807) is 0 Å². The summed E-state index contributed by atoms with van der Waals surface area (Å²) in [6, 6.07) is 1.48. The van der Waals surface area contributed by atoms with Gasteiger partial charge in [0.15, 0.2) is 0 Å². The first-order valence-corrected chi connectivity index (χ1v) is 6.00. The Morgan fingerprint density at radius 1 is 1.60 bits per heavy atom. The molecule has 20 heavy (non-hydrogen) atoms. The minimum atomic E-state index is -0.870. The lowest BCUT2D eigenvalue weighted by molar-refractivity contribution is -0.384. The minimum Gasteiger partial charge on any atom is -0.393 e. The van der Waals surface area contributed by atoms with Crippen LogP contribution in [0.1, 0.15) is 16.8 Å². The van der Waals surface area contributed by atoms with Gasteiger partial charge < -0.3 is 15.4 Å². The maximum atomic E-state index is 13.4. The molecule has 0 aliphatic carbocycles. The molecule has 1 atom stereocenters. The lowest BCUT2D eigenvalue weighted by Crippen LogP contribution is -2.37. The number of nitro groups is 1. The summed E-state index contributed by atoms with van der Waals surface area (Å²) in [7, 11) is 1.54. The molecular formula is C12H14FN3O4. The molecule has 1 unspecified atom stereocenters. The molecule has 0 saturated carbocycles. The summed E-state index contributed by atoms with van der Waals surface area (Å²) >= 11 is 0. The first-order valence-electron chi connectivity index (χ1n) is 6.00. The molecule has 1 aromatic rings. The van der Waals surface area contributed by atoms with Crippen LogP contribution in [0.4, 0.5) is 15.8 Å². The van der Waals surface area contributed by atoms with E-state index in [1.165, 1.54) is 11.9 Å². The summed E-state index contributed by atoms with van der Waals surface area (Å²) in [4.78, 5) is 23.6. The number of halogens is 1. The van der Waals surface area contributed by atoms with E-state index in [4.69, 9.17) is 10.5 Å². The molecule has 1 aliphatic rings. The zero-order valence-electron chi connectivity index (χ0n) is 10.8. The van der Waals surface area contributed by atoms with Gasteiger partial charge in [0.05, 0.1) is 29.2 Å². The molecule has 0 aromatic heterocycles. The van der Waals surface area contributed by atoms with Crippen molar-refractivity contribution in [3.05, 3.63) is 33.6 Å². The third kappa shape index (κ3) is 2.55. The van der Waals surface area contributed by atoms with Gasteiger partial charge in [-0.15, -0.1) is 0 Å². The molecule has 0 radical (unpaired) electrons. The van der Waals surface area contributed by atoms with Crippen molar-refractivity contribution in [2.75, 3.05) is 26.0 Å². The van der Waals surface area contributed by atoms with Crippen LogP contribution >= 0.6 is 0 Å². The van der Waals surface area contributed by atoms with Crippen molar-refractivity contribution in [2.24, 2.45) is 0 Å². The van der Waals surface area contributed by atoms with Crippen LogP contribution in [-0.2, 0) is 4.74 Å². The first-order chi connectivity index (χ1) is 9.41. The topological polar surface area (TPSA) is 98.7 Å². The second-order valence-corrected chi connectivity index (χ2v) is 4.58. The number of nitrogens with two attached hydrogens (primary N) is 1. The number of ether oxygens (including phenoxy) is 1. The summed E-state index contributed by atoms with van der Waals surface area (Å²) in [6.45, 7) is 0.931. The van der Waals surface area contributed by atoms with E-state index in [0.29, 0.717) is 25.7 Å². The van der Waals surface area contributed by atoms with Crippen molar-refractivity contribution in [3.8, 4) is 0 Å². The normalized spacial score (nSPS) is 18.0. The molecule has 1 amide bonds. The van der Waals surface area contributed by atoms with Gasteiger partial charge in [0.25, 0.3) is 11.6 Å². The van der Waals surface area contributed by atoms with Gasteiger partial charge >= 0.3 is 0 Å². The Morgan fingerprint density at radius 3 is 2.85 bits per heavy atom. The molecule has 1 saturated heterocycles. The Balaban J connectivity index is 2.36. The Hall–Kier alpha value is -2.22. The fourth-order valence-corrected chi connectivity index (χ4v) is 2.11. The van der Waals surface area contributed by atoms with Crippen LogP contribution in [0, 0.1) is 15.9 Å². The number of carbonyl (C=O) groups excluding carboxylic acids is 1. The van der Waals surface area contributed by atoms with Crippen LogP contribution in [-0.4, -0.2) is 42.0 Å². The number of likely N-dealkylation sites (N-methyl/N-ethyl adjacent to an activating group) is 1. The lowest BCUT2D eigenvalue weighted by Gasteiger charge is -2.23. The van der Waals surface area contributed by atoms with Gasteiger partial charge in [-0.3, -0.25) is 14.9 Å². The van der Waals surface area contributed by atoms with E-state index in [-0.39, 0.29) is 17.3 Å². The first kappa shape index (κ1) is 14.2. The summed E-state index contributed by atoms with van der Waals surface area (Å²) < 4.78 is 18.6. The van der Waals surface area contributed by atoms with Gasteiger partial charge in [-0.1, -0.05) is 0 Å². The molecule has 2 N–H and O–H groups in total. The highest BCUT2D eigenvalue weighted by Gasteiger charge is 2.29. The number of nitrogen functional groups attached to an aromatic ring is 1. The number of nitro benzene ring substituents is 1. The quantitative estimate of drug-likeness (QED) is 0.510. The summed E-state index contributed by atoms with van der Waals surface area (Å²) in [5.41, 5.74) is 4.47. The average Bonchev–Trinajstić information content (AvgIpc) is 2.93. The largest absolute Gasteiger partial charge is 0.393 e. The van der Waals surface area contributed by atoms with E-state index in [1.807, 2.05) is 0 Å². The number of nitrogens with zero attached hydrogens (tertiary/aromatic N) is 2. The summed E-state index contributed by atoms with van der Waals surface area (Å²) in [6.07, 6.45) is 0.666. The van der Waals surface area contributed by atoms with Crippen LogP contribution in [0.3, 0.4) is 0 Å². The van der Waals surface area contributed by atoms with Crippen LogP contribution in [0.25, 0.3) is 0 Å². The second kappa shape index (κ2) is 5.41. The zero-order valence-corrected chi connectivity index (χ0v) is 10.8. The van der Waals surface area contributed by atoms with E-state index in [9.17, 15) is 19.3 Å². The molecule has 1 aromatic carbocycles. The SMILES string of the molecule is CN(C(=O)c1cc(F)cc([N+](=O)[O-])c1N)C1CCOC1. The average molecular weight is 283 g/mol. The van der Waals surface area contributed by atoms with Crippen molar-refractivity contribution >= 4 is 17.3 Å². The monoisotopic (exact) mass is 283 g/mol. The smallest absolute Gasteiger partial charge is 0.295 e. The lowest BCUT2D eigenvalue weighted by atomic mass is 10.1. The molecule has 7 nitrogen and oxygen atoms in total. The van der Waals surface area contributed by atoms with Gasteiger partial charge in [-0.2, -0.15) is 0 Å². The number of anilines is 1. The highest BCUT2D eigenvalue weighted by Crippen LogP contribution is 2.28. The molecule has 1 fully saturated rings. The summed E-state index contributed by atoms with van der Waals surface area (Å²) in [5, 5.41) is 10.8. The standard InChI is InChI=1S/C12H14FN3O4/c1-15(8-2-3-20-6-8)12(17)9-4-7(13)5-10(11(9)14)16(18)19/h4-5,8H,2-3,6,14H2,1H3. The highest BCUT2D eigenvalue weighted by molar-refractivity contribution is 6.01. The highest BCUT2D eigenvalue weighted by atomic mass is 19.1. The van der Waals surface area contributed by atoms with Crippen LogP contribution < -0.4 is 5.73 Å². The Morgan fingerprint density at radius 2 is 2.30 bits per heavy atom. The molecule has 0 bridgehead atoms. The van der Waals surface area contributed by atoms with E-state index in [0.717, 1.165) is 6.07 Å². The minimum absolute atomic E-state index is 0.135. The molecule has 1 heterocycles. The Kier molecular flexibility index (Phi) is 3.84. The number of benzene rings is 1. The Bertz CT molecular complexity index is 558. The second-order valence-electron chi connectivity index (χ2n) is 4.58. The maximum Gasteiger partial charge on any atom is 0.295 e. The van der Waals surface area contributed by atoms with Gasteiger partial charge in [0, 0.05) is 13.7 Å². The van der Waals surface area contributed by atoms with Gasteiger partial charge in [0.1, 0.15) is 11.5 Å². The maximum absolute atomic E-state index is 13.4. The fraction of sp³-hybridized carbons (Fsp3) is 0.417. The number of rotatable bonds is 3. The van der Waals surface area contributed by atoms with Crippen molar-refractivity contribution < 1.29 is 18.8 Å². The molecule has 2 rings (SSSR count). The van der Waals surface area contributed by atoms with Crippen molar-refractivity contribution in [1.29, 1.82) is 0 Å². The fourth-order valence-electron chi connectivity index (χ4n) is 2.11. The number of hydrogen-bond donors (Lipinski definition) is 1. The van der Waals surface area contributed by atoms with E-state index >= 15 is 0 Å². The third-order valence-corrected chi connectivity index (χ3v) is 3.32. The summed E-state index contributed by atoms with van der Waals surface area (Å²) in [5.74, 6) is -1.43. The van der Waals surface area contributed by atoms with Crippen molar-refractivity contribution in [2.45, 2.75) is 12.5 Å². The predicted octanol–water partition coefficient (Wildman–Crippen LogP) is 1.18. The van der Waals surface area contributed by atoms with E-state index < -0.39 is 22.3 Å². The number of amides is 1. The third-order valence-electron chi connectivity index (χ3n) is 3.32. The van der Waals surface area contributed by atoms with Gasteiger partial charge in [-0.25, -0.2) is 4.39 Å². The van der Waals surface area contributed by atoms with Crippen molar-refractivity contribution in [3.63, 3.8) is 0 Å². The zero-order chi connectivity index (χ0) is 14.9. The molecule has 0 spiro atoms. The van der Waals surface area contributed by atoms with E-state index in [2.05, 4.69) is 0 Å². The van der Waals surface area contributed by atoms with Crippen LogP contribution in [0.2, 0.25) is 0 Å². The van der Waals surface area contributed by atoms with Crippen molar-refractivity contribution in [1.82, 2.24) is 4.90 Å².